The predicted octanol–water partition coefficient (Wildman–Crippen LogP) is 0.858. The van der Waals surface area contributed by atoms with Crippen LogP contribution in [0, 0.1) is 0 Å². The van der Waals surface area contributed by atoms with Gasteiger partial charge in [-0.2, -0.15) is 0 Å². The molecule has 0 saturated heterocycles. The normalized spacial score (nSPS) is 9.83. The highest BCUT2D eigenvalue weighted by Crippen LogP contribution is 2.27. The SMILES string of the molecule is COCCNC(=O)Nc1cccc(C(=O)O)c1O. The lowest BCUT2D eigenvalue weighted by molar-refractivity contribution is 0.0694. The Hall–Kier alpha value is -2.28. The predicted molar refractivity (Wildman–Crippen MR) is 64.0 cm³/mol. The van der Waals surface area contributed by atoms with Crippen LogP contribution >= 0.6 is 0 Å². The number of nitrogens with one attached hydrogen (secondary N) is 2. The summed E-state index contributed by atoms with van der Waals surface area (Å²) in [5.74, 6) is -1.75. The summed E-state index contributed by atoms with van der Waals surface area (Å²) in [6, 6.07) is 3.52. The molecular weight excluding hydrogens is 240 g/mol. The molecule has 0 heterocycles. The minimum atomic E-state index is -1.27. The van der Waals surface area contributed by atoms with Crippen LogP contribution in [-0.4, -0.2) is 42.5 Å². The number of rotatable bonds is 5. The van der Waals surface area contributed by atoms with Crippen molar-refractivity contribution in [1.29, 1.82) is 0 Å². The van der Waals surface area contributed by atoms with Gasteiger partial charge in [0, 0.05) is 13.7 Å². The van der Waals surface area contributed by atoms with Gasteiger partial charge in [-0.25, -0.2) is 9.59 Å². The topological polar surface area (TPSA) is 108 Å². The zero-order valence-corrected chi connectivity index (χ0v) is 9.77. The van der Waals surface area contributed by atoms with Gasteiger partial charge in [0.25, 0.3) is 0 Å². The van der Waals surface area contributed by atoms with E-state index in [1.54, 1.807) is 0 Å². The molecule has 0 fully saturated rings. The Bertz CT molecular complexity index is 447. The second-order valence-corrected chi connectivity index (χ2v) is 3.38. The molecule has 1 aromatic rings. The van der Waals surface area contributed by atoms with E-state index < -0.39 is 17.7 Å². The second kappa shape index (κ2) is 6.45. The van der Waals surface area contributed by atoms with Gasteiger partial charge in [-0.05, 0) is 12.1 Å². The highest BCUT2D eigenvalue weighted by molar-refractivity contribution is 5.97. The van der Waals surface area contributed by atoms with E-state index in [2.05, 4.69) is 10.6 Å². The van der Waals surface area contributed by atoms with E-state index in [4.69, 9.17) is 9.84 Å². The first-order chi connectivity index (χ1) is 8.56. The summed E-state index contributed by atoms with van der Waals surface area (Å²) in [6.45, 7) is 0.663. The number of anilines is 1. The van der Waals surface area contributed by atoms with Crippen molar-refractivity contribution in [3.05, 3.63) is 23.8 Å². The van der Waals surface area contributed by atoms with Gasteiger partial charge in [0.05, 0.1) is 12.3 Å². The number of benzene rings is 1. The standard InChI is InChI=1S/C11H14N2O5/c1-18-6-5-12-11(17)13-8-4-2-3-7(9(8)14)10(15)16/h2-4,14H,5-6H2,1H3,(H,15,16)(H2,12,13,17). The maximum absolute atomic E-state index is 11.4. The zero-order valence-electron chi connectivity index (χ0n) is 9.77. The van der Waals surface area contributed by atoms with E-state index in [1.807, 2.05) is 0 Å². The number of aromatic carboxylic acids is 1. The van der Waals surface area contributed by atoms with Crippen LogP contribution in [0.3, 0.4) is 0 Å². The van der Waals surface area contributed by atoms with E-state index >= 15 is 0 Å². The van der Waals surface area contributed by atoms with Crippen molar-refractivity contribution in [1.82, 2.24) is 5.32 Å². The van der Waals surface area contributed by atoms with Crippen molar-refractivity contribution in [2.45, 2.75) is 0 Å². The van der Waals surface area contributed by atoms with Crippen LogP contribution in [0.1, 0.15) is 10.4 Å². The van der Waals surface area contributed by atoms with Gasteiger partial charge < -0.3 is 25.6 Å². The van der Waals surface area contributed by atoms with Crippen LogP contribution in [0.25, 0.3) is 0 Å². The summed E-state index contributed by atoms with van der Waals surface area (Å²) in [5.41, 5.74) is -0.241. The fourth-order valence-corrected chi connectivity index (χ4v) is 1.25. The molecule has 0 atom stereocenters. The van der Waals surface area contributed by atoms with Gasteiger partial charge in [-0.1, -0.05) is 6.07 Å². The van der Waals surface area contributed by atoms with Crippen LogP contribution < -0.4 is 10.6 Å². The molecule has 4 N–H and O–H groups in total. The number of aromatic hydroxyl groups is 1. The molecule has 18 heavy (non-hydrogen) atoms. The summed E-state index contributed by atoms with van der Waals surface area (Å²) >= 11 is 0. The molecule has 0 aromatic heterocycles. The molecule has 0 aliphatic carbocycles. The Labute approximate surface area is 103 Å². The number of carbonyl (C=O) groups excluding carboxylic acids is 1. The number of amides is 2. The van der Waals surface area contributed by atoms with Gasteiger partial charge >= 0.3 is 12.0 Å². The number of phenols is 1. The maximum atomic E-state index is 11.4. The van der Waals surface area contributed by atoms with Crippen molar-refractivity contribution < 1.29 is 24.5 Å². The summed E-state index contributed by atoms with van der Waals surface area (Å²) in [7, 11) is 1.50. The van der Waals surface area contributed by atoms with E-state index in [0.717, 1.165) is 0 Å². The third kappa shape index (κ3) is 3.63. The fraction of sp³-hybridized carbons (Fsp3) is 0.273. The van der Waals surface area contributed by atoms with Crippen LogP contribution in [0.15, 0.2) is 18.2 Å². The Morgan fingerprint density at radius 1 is 1.39 bits per heavy atom. The lowest BCUT2D eigenvalue weighted by atomic mass is 10.2. The number of hydrogen-bond donors (Lipinski definition) is 4. The average molecular weight is 254 g/mol. The summed E-state index contributed by atoms with van der Waals surface area (Å²) in [6.07, 6.45) is 0. The lowest BCUT2D eigenvalue weighted by Crippen LogP contribution is -2.31. The maximum Gasteiger partial charge on any atom is 0.339 e. The summed E-state index contributed by atoms with van der Waals surface area (Å²) in [5, 5.41) is 23.2. The van der Waals surface area contributed by atoms with Gasteiger partial charge in [0.2, 0.25) is 0 Å². The zero-order chi connectivity index (χ0) is 13.5. The number of carbonyl (C=O) groups is 2. The minimum absolute atomic E-state index is 0.0322. The number of ether oxygens (including phenoxy) is 1. The molecule has 0 aliphatic heterocycles. The Kier molecular flexibility index (Phi) is 4.94. The molecule has 7 heteroatoms. The number of methoxy groups -OCH3 is 1. The summed E-state index contributed by atoms with van der Waals surface area (Å²) < 4.78 is 4.75. The third-order valence-electron chi connectivity index (χ3n) is 2.11. The van der Waals surface area contributed by atoms with Crippen LogP contribution in [0.2, 0.25) is 0 Å². The van der Waals surface area contributed by atoms with E-state index in [9.17, 15) is 14.7 Å². The second-order valence-electron chi connectivity index (χ2n) is 3.38. The van der Waals surface area contributed by atoms with Crippen LogP contribution in [-0.2, 0) is 4.74 Å². The van der Waals surface area contributed by atoms with E-state index in [1.165, 1.54) is 25.3 Å². The van der Waals surface area contributed by atoms with Crippen LogP contribution in [0.4, 0.5) is 10.5 Å². The number of hydrogen-bond acceptors (Lipinski definition) is 4. The first-order valence-corrected chi connectivity index (χ1v) is 5.15. The van der Waals surface area contributed by atoms with Crippen molar-refractivity contribution >= 4 is 17.7 Å². The molecule has 0 saturated carbocycles. The fourth-order valence-electron chi connectivity index (χ4n) is 1.25. The third-order valence-corrected chi connectivity index (χ3v) is 2.11. The lowest BCUT2D eigenvalue weighted by Gasteiger charge is -2.09. The van der Waals surface area contributed by atoms with Crippen molar-refractivity contribution in [2.75, 3.05) is 25.6 Å². The minimum Gasteiger partial charge on any atom is -0.505 e. The highest BCUT2D eigenvalue weighted by Gasteiger charge is 2.14. The molecule has 0 radical (unpaired) electrons. The van der Waals surface area contributed by atoms with Crippen molar-refractivity contribution in [3.63, 3.8) is 0 Å². The van der Waals surface area contributed by atoms with Crippen molar-refractivity contribution in [2.24, 2.45) is 0 Å². The number of urea groups is 1. The van der Waals surface area contributed by atoms with Crippen molar-refractivity contribution in [3.8, 4) is 5.75 Å². The number of carboxylic acid groups (broad SMARTS) is 1. The first kappa shape index (κ1) is 13.8. The Balaban J connectivity index is 2.70. The molecule has 1 aromatic carbocycles. The smallest absolute Gasteiger partial charge is 0.339 e. The van der Waals surface area contributed by atoms with Gasteiger partial charge in [0.1, 0.15) is 5.56 Å². The average Bonchev–Trinajstić information content (AvgIpc) is 2.32. The molecule has 0 aliphatic rings. The van der Waals surface area contributed by atoms with Gasteiger partial charge in [-0.3, -0.25) is 0 Å². The molecule has 0 bridgehead atoms. The summed E-state index contributed by atoms with van der Waals surface area (Å²) in [4.78, 5) is 22.2. The molecule has 0 spiro atoms. The van der Waals surface area contributed by atoms with Gasteiger partial charge in [0.15, 0.2) is 5.75 Å². The Morgan fingerprint density at radius 2 is 2.11 bits per heavy atom. The van der Waals surface area contributed by atoms with E-state index in [-0.39, 0.29) is 11.3 Å². The monoisotopic (exact) mass is 254 g/mol. The van der Waals surface area contributed by atoms with E-state index in [0.29, 0.717) is 13.2 Å². The molecule has 1 rings (SSSR count). The number of para-hydroxylation sites is 1. The first-order valence-electron chi connectivity index (χ1n) is 5.15. The van der Waals surface area contributed by atoms with Crippen LogP contribution in [0.5, 0.6) is 5.75 Å². The quantitative estimate of drug-likeness (QED) is 0.460. The molecule has 7 nitrogen and oxygen atoms in total. The molecule has 98 valence electrons. The van der Waals surface area contributed by atoms with Gasteiger partial charge in [-0.15, -0.1) is 0 Å². The molecule has 0 unspecified atom stereocenters. The molecule has 2 amide bonds. The largest absolute Gasteiger partial charge is 0.505 e. The Morgan fingerprint density at radius 3 is 2.72 bits per heavy atom. The molecular formula is C11H14N2O5. The highest BCUT2D eigenvalue weighted by atomic mass is 16.5. The number of carboxylic acids is 1.